The van der Waals surface area contributed by atoms with Gasteiger partial charge in [-0.25, -0.2) is 0 Å². The molecule has 0 aliphatic carbocycles. The lowest BCUT2D eigenvalue weighted by Gasteiger charge is -2.20. The second-order valence-corrected chi connectivity index (χ2v) is 15.2. The van der Waals surface area contributed by atoms with E-state index in [1.165, 1.54) is 0 Å². The van der Waals surface area contributed by atoms with Gasteiger partial charge >= 0.3 is 0 Å². The Labute approximate surface area is 454 Å². The van der Waals surface area contributed by atoms with Gasteiger partial charge in [0.25, 0.3) is 0 Å². The maximum absolute atomic E-state index is 10.8. The first-order chi connectivity index (χ1) is 50.5. The average molecular weight is 932 g/mol. The highest BCUT2D eigenvalue weighted by atomic mass is 15.3. The predicted octanol–water partition coefficient (Wildman–Crippen LogP) is 15.6. The number of hydrogen-bond acceptors (Lipinski definition) is 3. The highest BCUT2D eigenvalue weighted by Gasteiger charge is 2.24. The van der Waals surface area contributed by atoms with Crippen molar-refractivity contribution in [3.05, 3.63) is 236 Å². The fourth-order valence-electron chi connectivity index (χ4n) is 8.80. The molecule has 70 heavy (non-hydrogen) atoms. The highest BCUT2D eigenvalue weighted by molar-refractivity contribution is 6.13. The molecule has 326 valence electrons. The summed E-state index contributed by atoms with van der Waals surface area (Å²) in [5, 5.41) is -5.19. The van der Waals surface area contributed by atoms with Gasteiger partial charge in [0, 0.05) is 54.2 Å². The van der Waals surface area contributed by atoms with Gasteiger partial charge in [-0.1, -0.05) is 169 Å². The summed E-state index contributed by atoms with van der Waals surface area (Å²) in [6.07, 6.45) is 0. The molecule has 15 rings (SSSR count). The lowest BCUT2D eigenvalue weighted by Crippen LogP contribution is -2.10. The number of aromatic nitrogens is 7. The Hall–Kier alpha value is -9.59. The van der Waals surface area contributed by atoms with E-state index in [9.17, 15) is 30.2 Å². The van der Waals surface area contributed by atoms with Crippen LogP contribution in [0.3, 0.4) is 0 Å². The number of hydrogen-bond donors (Lipinski definition) is 0. The summed E-state index contributed by atoms with van der Waals surface area (Å²) in [5.41, 5.74) is -11.4. The molecule has 7 heteroatoms. The lowest BCUT2D eigenvalue weighted by atomic mass is 9.98. The van der Waals surface area contributed by atoms with Gasteiger partial charge in [-0.05, 0) is 72.0 Å². The quantitative estimate of drug-likeness (QED) is 0.167. The fraction of sp³-hybridized carbons (Fsp3) is 0. The molecule has 0 unspecified atom stereocenters. The van der Waals surface area contributed by atoms with Crippen LogP contribution < -0.4 is 0 Å². The monoisotopic (exact) mass is 932 g/mol. The zero-order valence-electron chi connectivity index (χ0n) is 72.7. The topological polar surface area (TPSA) is 58.4 Å². The Morgan fingerprint density at radius 1 is 0.271 bits per heavy atom. The number of para-hydroxylation sites is 8. The van der Waals surface area contributed by atoms with E-state index in [4.69, 9.17) is 21.9 Å². The van der Waals surface area contributed by atoms with E-state index >= 15 is 0 Å². The second-order valence-electron chi connectivity index (χ2n) is 15.2. The van der Waals surface area contributed by atoms with Crippen molar-refractivity contribution in [3.8, 4) is 45.8 Å². The van der Waals surface area contributed by atoms with Crippen LogP contribution in [-0.2, 0) is 0 Å². The number of rotatable bonds is 6. The molecular formula is C63H39N7. The smallest absolute Gasteiger partial charge is 0.240 e. The zero-order chi connectivity index (χ0) is 78.9. The fourth-order valence-corrected chi connectivity index (χ4v) is 8.80. The normalized spacial score (nSPS) is 19.6. The van der Waals surface area contributed by atoms with Crippen LogP contribution in [0.2, 0.25) is 0 Å². The summed E-state index contributed by atoms with van der Waals surface area (Å²) >= 11 is 0. The molecule has 0 fully saturated rings. The van der Waals surface area contributed by atoms with E-state index in [1.807, 2.05) is 0 Å². The van der Waals surface area contributed by atoms with E-state index in [0.29, 0.717) is 24.3 Å². The predicted molar refractivity (Wildman–Crippen MR) is 288 cm³/mol. The summed E-state index contributed by atoms with van der Waals surface area (Å²) in [4.78, 5) is 14.0. The molecule has 0 N–H and O–H groups in total. The van der Waals surface area contributed by atoms with Gasteiger partial charge in [0.1, 0.15) is 0 Å². The van der Waals surface area contributed by atoms with Gasteiger partial charge in [-0.3, -0.25) is 9.13 Å². The van der Waals surface area contributed by atoms with Gasteiger partial charge in [0.15, 0.2) is 5.82 Å². The van der Waals surface area contributed by atoms with Crippen LogP contribution in [0.5, 0.6) is 0 Å². The van der Waals surface area contributed by atoms with Crippen molar-refractivity contribution in [2.45, 2.75) is 0 Å². The van der Waals surface area contributed by atoms with Crippen LogP contribution in [-0.4, -0.2) is 33.2 Å². The molecule has 0 bridgehead atoms. The molecule has 15 aromatic rings. The molecule has 0 amide bonds. The summed E-state index contributed by atoms with van der Waals surface area (Å²) < 4.78 is 356. The molecule has 0 aliphatic heterocycles. The van der Waals surface area contributed by atoms with E-state index in [2.05, 4.69) is 15.0 Å². The molecule has 7 nitrogen and oxygen atoms in total. The number of fused-ring (bicyclic) bond motifs is 12. The molecular weight excluding hydrogens is 855 g/mol. The standard InChI is InChI=1S/C63H39N7/c1-9-29-50-42(21-1)43-22-2-10-30-51(43)67(50)58-37-18-38-59(68-52-31-11-3-23-44(52)45-24-4-12-32-53(45)68)60(58)40-19-17-20-41(39-40)61-64-62(69-54-33-13-5-25-46(54)47-26-6-14-34-55(47)69)66-63(65-61)70-56-35-15-7-27-48(56)49-28-8-16-36-57(49)70/h1-39H/i1D,2D,3D,4D,5D,6D,7D,8D,9D,10D,11D,12D,13D,14D,15D,16D,17D,18D,20D,21D,22D,23D,24D,25D,26D,27D,28D,29D,30D,31D,32D,33D,34D,35D,36D,37D,38D,39D. The van der Waals surface area contributed by atoms with Gasteiger partial charge in [0.2, 0.25) is 11.9 Å². The molecule has 10 aromatic carbocycles. The van der Waals surface area contributed by atoms with Crippen molar-refractivity contribution >= 4 is 87.2 Å². The van der Waals surface area contributed by atoms with E-state index in [0.717, 1.165) is 0 Å². The van der Waals surface area contributed by atoms with Crippen LogP contribution in [0.4, 0.5) is 0 Å². The Morgan fingerprint density at radius 3 is 0.900 bits per heavy atom. The van der Waals surface area contributed by atoms with Crippen LogP contribution in [0.15, 0.2) is 236 Å². The third kappa shape index (κ3) is 5.54. The molecule has 0 saturated heterocycles. The van der Waals surface area contributed by atoms with Crippen molar-refractivity contribution in [3.63, 3.8) is 0 Å². The van der Waals surface area contributed by atoms with Gasteiger partial charge in [-0.15, -0.1) is 0 Å². The maximum Gasteiger partial charge on any atom is 0.240 e. The minimum Gasteiger partial charge on any atom is -0.309 e. The third-order valence-corrected chi connectivity index (χ3v) is 11.6. The first-order valence-electron chi connectivity index (χ1n) is 39.6. The molecule has 5 aromatic heterocycles. The van der Waals surface area contributed by atoms with Crippen LogP contribution >= 0.6 is 0 Å². The van der Waals surface area contributed by atoms with Crippen molar-refractivity contribution in [2.24, 2.45) is 0 Å². The van der Waals surface area contributed by atoms with Crippen molar-refractivity contribution < 1.29 is 52.1 Å². The molecule has 5 heterocycles. The highest BCUT2D eigenvalue weighted by Crippen LogP contribution is 2.43. The van der Waals surface area contributed by atoms with Crippen molar-refractivity contribution in [2.75, 3.05) is 0 Å². The second kappa shape index (κ2) is 15.0. The van der Waals surface area contributed by atoms with Crippen molar-refractivity contribution in [1.29, 1.82) is 0 Å². The first-order valence-corrected chi connectivity index (χ1v) is 20.6. The third-order valence-electron chi connectivity index (χ3n) is 11.6. The number of nitrogens with zero attached hydrogens (tertiary/aromatic N) is 7. The summed E-state index contributed by atoms with van der Waals surface area (Å²) in [6, 6.07) is -38.2. The Kier molecular flexibility index (Phi) is 3.61. The van der Waals surface area contributed by atoms with Crippen LogP contribution in [0, 0.1) is 0 Å². The van der Waals surface area contributed by atoms with Crippen molar-refractivity contribution in [1.82, 2.24) is 33.2 Å². The zero-order valence-corrected chi connectivity index (χ0v) is 34.7. The molecule has 0 spiro atoms. The summed E-state index contributed by atoms with van der Waals surface area (Å²) in [5.74, 6) is -3.28. The van der Waals surface area contributed by atoms with Crippen LogP contribution in [0.1, 0.15) is 52.1 Å². The van der Waals surface area contributed by atoms with Gasteiger partial charge in [0.05, 0.1) is 108 Å². The van der Waals surface area contributed by atoms with Crippen LogP contribution in [0.25, 0.3) is 133 Å². The minimum absolute atomic E-state index is 0.612. The summed E-state index contributed by atoms with van der Waals surface area (Å²) in [6.45, 7) is 0. The Morgan fingerprint density at radius 2 is 0.571 bits per heavy atom. The Balaban J connectivity index is 1.23. The molecule has 0 aliphatic rings. The molecule has 0 atom stereocenters. The maximum atomic E-state index is 10.8. The Bertz CT molecular complexity index is 6230. The molecule has 0 radical (unpaired) electrons. The van der Waals surface area contributed by atoms with E-state index < -0.39 is 363 Å². The average Bonchev–Trinajstić information content (AvgIpc) is 1.48. The number of benzene rings is 10. The van der Waals surface area contributed by atoms with E-state index in [-0.39, 0.29) is 0 Å². The van der Waals surface area contributed by atoms with E-state index in [1.54, 1.807) is 0 Å². The van der Waals surface area contributed by atoms with Gasteiger partial charge < -0.3 is 9.13 Å². The summed E-state index contributed by atoms with van der Waals surface area (Å²) in [7, 11) is 0. The molecule has 0 saturated carbocycles. The van der Waals surface area contributed by atoms with Gasteiger partial charge in [-0.2, -0.15) is 15.0 Å². The first kappa shape index (κ1) is 16.9. The SMILES string of the molecule is [2H]c1cc(-c2c(-n3c4c([2H])c([2H])c([2H])c([2H])c4c4c([2H])c([2H])c([2H])c([2H])c43)c([2H])c([2H])c([2H])c2-n2c3c([2H])c([2H])c([2H])c([2H])c3c3c([2H])c([2H])c([2H])c([2H])c32)c([2H])c(-c2nc(-n3c4c([2H])c([2H])c([2H])c([2H])c4c4c([2H])c([2H])c([2H])c([2H])c43)nc(-n3c4c([2H])c([2H])c([2H])c([2H])c4c4c([2H])c([2H])c([2H])c([2H])c43)n2)c1[2H]. The minimum atomic E-state index is -1.26. The largest absolute Gasteiger partial charge is 0.309 e. The lowest BCUT2D eigenvalue weighted by molar-refractivity contribution is 0.893.